The van der Waals surface area contributed by atoms with E-state index in [9.17, 15) is 0 Å². The van der Waals surface area contributed by atoms with Crippen LogP contribution in [0.15, 0.2) is 43.0 Å². The van der Waals surface area contributed by atoms with Crippen molar-refractivity contribution in [1.29, 1.82) is 0 Å². The third-order valence-corrected chi connectivity index (χ3v) is 3.04. The van der Waals surface area contributed by atoms with Gasteiger partial charge in [0.15, 0.2) is 0 Å². The highest BCUT2D eigenvalue weighted by Gasteiger charge is 2.16. The Kier molecular flexibility index (Phi) is 5.41. The van der Waals surface area contributed by atoms with Gasteiger partial charge in [0.1, 0.15) is 24.2 Å². The van der Waals surface area contributed by atoms with Crippen molar-refractivity contribution in [3.05, 3.63) is 48.5 Å². The zero-order chi connectivity index (χ0) is 12.3. The highest BCUT2D eigenvalue weighted by Crippen LogP contribution is 2.23. The number of aryl methyl sites for hydroxylation is 1. The molecule has 0 bridgehead atoms. The quantitative estimate of drug-likeness (QED) is 0.685. The molecule has 1 aromatic heterocycles. The Labute approximate surface area is 119 Å². The van der Waals surface area contributed by atoms with E-state index < -0.39 is 0 Å². The Hall–Kier alpha value is -1.29. The van der Waals surface area contributed by atoms with Crippen LogP contribution in [0.1, 0.15) is 24.9 Å². The van der Waals surface area contributed by atoms with Gasteiger partial charge in [0.2, 0.25) is 6.33 Å². The predicted octanol–water partition coefficient (Wildman–Crippen LogP) is -0.675. The van der Waals surface area contributed by atoms with Gasteiger partial charge in [0.05, 0.1) is 14.2 Å². The molecule has 1 unspecified atom stereocenters. The average Bonchev–Trinajstić information content (AvgIpc) is 2.78. The number of rotatable bonds is 4. The predicted molar refractivity (Wildman–Crippen MR) is 67.0 cm³/mol. The van der Waals surface area contributed by atoms with E-state index in [0.29, 0.717) is 6.04 Å². The average molecular weight is 311 g/mol. The van der Waals surface area contributed by atoms with Crippen LogP contribution in [0, 0.1) is 0 Å². The highest BCUT2D eigenvalue weighted by molar-refractivity contribution is 5.29. The van der Waals surface area contributed by atoms with Crippen LogP contribution in [0.5, 0.6) is 5.75 Å². The normalized spacial score (nSPS) is 11.7. The fourth-order valence-electron chi connectivity index (χ4n) is 2.10. The minimum absolute atomic E-state index is 0. The molecule has 18 heavy (non-hydrogen) atoms. The Bertz CT molecular complexity index is 479. The van der Waals surface area contributed by atoms with Crippen LogP contribution < -0.4 is 26.3 Å². The number of nitrogens with zero attached hydrogens (tertiary/aromatic N) is 2. The monoisotopic (exact) mass is 310 g/mol. The van der Waals surface area contributed by atoms with Gasteiger partial charge in [-0.05, 0) is 24.1 Å². The topological polar surface area (TPSA) is 18.0 Å². The second-order valence-electron chi connectivity index (χ2n) is 4.22. The molecule has 0 radical (unpaired) electrons. The first kappa shape index (κ1) is 14.8. The van der Waals surface area contributed by atoms with Crippen LogP contribution in [0.3, 0.4) is 0 Å². The van der Waals surface area contributed by atoms with Gasteiger partial charge in [-0.15, -0.1) is 0 Å². The smallest absolute Gasteiger partial charge is 0.244 e. The molecule has 1 aromatic carbocycles. The maximum Gasteiger partial charge on any atom is 0.244 e. The van der Waals surface area contributed by atoms with Crippen molar-refractivity contribution in [3.63, 3.8) is 0 Å². The molecular formula is C14H19BrN2O. The van der Waals surface area contributed by atoms with Crippen molar-refractivity contribution >= 4 is 0 Å². The Morgan fingerprint density at radius 2 is 1.94 bits per heavy atom. The lowest BCUT2D eigenvalue weighted by Crippen LogP contribution is -3.00. The van der Waals surface area contributed by atoms with Gasteiger partial charge < -0.3 is 21.7 Å². The first-order valence-corrected chi connectivity index (χ1v) is 5.91. The van der Waals surface area contributed by atoms with Crippen LogP contribution in [-0.4, -0.2) is 11.7 Å². The number of methoxy groups -OCH3 is 1. The molecule has 2 aromatic rings. The number of benzene rings is 1. The van der Waals surface area contributed by atoms with Gasteiger partial charge in [-0.3, -0.25) is 0 Å². The number of hydrogen-bond donors (Lipinski definition) is 0. The fourth-order valence-corrected chi connectivity index (χ4v) is 2.10. The Morgan fingerprint density at radius 1 is 1.28 bits per heavy atom. The molecule has 4 heteroatoms. The van der Waals surface area contributed by atoms with Gasteiger partial charge >= 0.3 is 0 Å². The molecule has 0 aliphatic carbocycles. The third-order valence-electron chi connectivity index (χ3n) is 3.04. The molecule has 3 nitrogen and oxygen atoms in total. The Morgan fingerprint density at radius 3 is 2.39 bits per heavy atom. The number of hydrogen-bond acceptors (Lipinski definition) is 1. The number of aromatic nitrogens is 2. The number of ether oxygens (including phenoxy) is 1. The zero-order valence-corrected chi connectivity index (χ0v) is 12.6. The van der Waals surface area contributed by atoms with Gasteiger partial charge in [-0.25, -0.2) is 9.13 Å². The summed E-state index contributed by atoms with van der Waals surface area (Å²) in [6, 6.07) is 8.69. The summed E-state index contributed by atoms with van der Waals surface area (Å²) in [4.78, 5) is 0. The molecule has 0 aliphatic rings. The van der Waals surface area contributed by atoms with E-state index in [1.54, 1.807) is 7.11 Å². The van der Waals surface area contributed by atoms with Gasteiger partial charge in [0, 0.05) is 0 Å². The zero-order valence-electron chi connectivity index (χ0n) is 11.0. The lowest BCUT2D eigenvalue weighted by Gasteiger charge is -2.12. The standard InChI is InChI=1S/C14H19N2O.BrH/c1-4-14(16-10-9-15(2)11-16)12-5-7-13(17-3)8-6-12;/h5-11,14H,4H2,1-3H3;1H/q+1;/p-1. The molecule has 1 atom stereocenters. The van der Waals surface area contributed by atoms with Crippen molar-refractivity contribution in [3.8, 4) is 5.75 Å². The summed E-state index contributed by atoms with van der Waals surface area (Å²) < 4.78 is 9.48. The molecule has 0 amide bonds. The molecule has 98 valence electrons. The number of imidazole rings is 1. The van der Waals surface area contributed by atoms with E-state index in [1.165, 1.54) is 5.56 Å². The molecule has 0 fully saturated rings. The minimum Gasteiger partial charge on any atom is -1.00 e. The first-order chi connectivity index (χ1) is 8.24. The molecule has 2 rings (SSSR count). The second-order valence-corrected chi connectivity index (χ2v) is 4.22. The summed E-state index contributed by atoms with van der Waals surface area (Å²) in [5.41, 5.74) is 1.31. The fraction of sp³-hybridized carbons (Fsp3) is 0.357. The van der Waals surface area contributed by atoms with Crippen molar-refractivity contribution < 1.29 is 26.3 Å². The van der Waals surface area contributed by atoms with Crippen LogP contribution in [0.2, 0.25) is 0 Å². The summed E-state index contributed by atoms with van der Waals surface area (Å²) in [5, 5.41) is 0. The summed E-state index contributed by atoms with van der Waals surface area (Å²) in [6.07, 6.45) is 7.35. The van der Waals surface area contributed by atoms with Gasteiger partial charge in [-0.1, -0.05) is 19.1 Å². The van der Waals surface area contributed by atoms with Crippen molar-refractivity contribution in [1.82, 2.24) is 4.57 Å². The van der Waals surface area contributed by atoms with Crippen LogP contribution >= 0.6 is 0 Å². The minimum atomic E-state index is 0. The summed E-state index contributed by atoms with van der Waals surface area (Å²) in [5.74, 6) is 0.904. The SMILES string of the molecule is CCC(c1ccc(OC)cc1)n1cc[n+](C)c1.[Br-]. The molecule has 1 heterocycles. The molecule has 0 N–H and O–H groups in total. The third kappa shape index (κ3) is 3.13. The van der Waals surface area contributed by atoms with Crippen LogP contribution in [-0.2, 0) is 7.05 Å². The van der Waals surface area contributed by atoms with E-state index in [-0.39, 0.29) is 17.0 Å². The van der Waals surface area contributed by atoms with E-state index in [1.807, 2.05) is 19.2 Å². The molecule has 0 saturated carbocycles. The molecule has 0 spiro atoms. The summed E-state index contributed by atoms with van der Waals surface area (Å²) >= 11 is 0. The highest BCUT2D eigenvalue weighted by atomic mass is 79.9. The van der Waals surface area contributed by atoms with Gasteiger partial charge in [-0.2, -0.15) is 0 Å². The maximum absolute atomic E-state index is 5.18. The lowest BCUT2D eigenvalue weighted by atomic mass is 10.0. The van der Waals surface area contributed by atoms with E-state index >= 15 is 0 Å². The van der Waals surface area contributed by atoms with E-state index in [4.69, 9.17) is 4.74 Å². The summed E-state index contributed by atoms with van der Waals surface area (Å²) in [7, 11) is 3.73. The van der Waals surface area contributed by atoms with Gasteiger partial charge in [0.25, 0.3) is 0 Å². The Balaban J connectivity index is 0.00000162. The van der Waals surface area contributed by atoms with E-state index in [2.05, 4.69) is 46.9 Å². The van der Waals surface area contributed by atoms with Crippen molar-refractivity contribution in [2.75, 3.05) is 7.11 Å². The summed E-state index contributed by atoms with van der Waals surface area (Å²) in [6.45, 7) is 2.20. The van der Waals surface area contributed by atoms with Crippen LogP contribution in [0.25, 0.3) is 0 Å². The lowest BCUT2D eigenvalue weighted by molar-refractivity contribution is -0.671. The number of halogens is 1. The largest absolute Gasteiger partial charge is 1.00 e. The first-order valence-electron chi connectivity index (χ1n) is 5.91. The second kappa shape index (κ2) is 6.59. The molecule has 0 saturated heterocycles. The van der Waals surface area contributed by atoms with E-state index in [0.717, 1.165) is 12.2 Å². The van der Waals surface area contributed by atoms with Crippen molar-refractivity contribution in [2.24, 2.45) is 7.05 Å². The molecule has 0 aliphatic heterocycles. The maximum atomic E-state index is 5.18. The van der Waals surface area contributed by atoms with Crippen LogP contribution in [0.4, 0.5) is 0 Å². The molecular weight excluding hydrogens is 292 g/mol. The van der Waals surface area contributed by atoms with Crippen molar-refractivity contribution in [2.45, 2.75) is 19.4 Å².